The smallest absolute Gasteiger partial charge is 0.270 e. The number of halogens is 1. The van der Waals surface area contributed by atoms with Crippen LogP contribution in [0.25, 0.3) is 22.3 Å². The lowest BCUT2D eigenvalue weighted by molar-refractivity contribution is -0.384. The van der Waals surface area contributed by atoms with Crippen LogP contribution < -0.4 is 5.56 Å². The average molecular weight is 367 g/mol. The predicted molar refractivity (Wildman–Crippen MR) is 91.5 cm³/mol. The van der Waals surface area contributed by atoms with Crippen molar-refractivity contribution in [1.82, 2.24) is 19.7 Å². The van der Waals surface area contributed by atoms with Gasteiger partial charge < -0.3 is 4.52 Å². The highest BCUT2D eigenvalue weighted by Gasteiger charge is 2.14. The maximum absolute atomic E-state index is 13.2. The summed E-state index contributed by atoms with van der Waals surface area (Å²) in [6.45, 7) is -0.0406. The number of nitro groups is 1. The summed E-state index contributed by atoms with van der Waals surface area (Å²) in [6, 6.07) is 9.52. The third-order valence-corrected chi connectivity index (χ3v) is 3.88. The van der Waals surface area contributed by atoms with Crippen molar-refractivity contribution in [3.63, 3.8) is 0 Å². The zero-order chi connectivity index (χ0) is 19.0. The molecule has 2 heterocycles. The van der Waals surface area contributed by atoms with Crippen molar-refractivity contribution < 1.29 is 13.8 Å². The zero-order valence-electron chi connectivity index (χ0n) is 13.6. The Morgan fingerprint density at radius 3 is 2.89 bits per heavy atom. The molecule has 0 amide bonds. The maximum Gasteiger partial charge on any atom is 0.270 e. The van der Waals surface area contributed by atoms with Crippen molar-refractivity contribution in [3.05, 3.63) is 81.0 Å². The normalized spacial score (nSPS) is 11.0. The first-order valence-corrected chi connectivity index (χ1v) is 7.73. The number of hydrogen-bond donors (Lipinski definition) is 0. The fourth-order valence-electron chi connectivity index (χ4n) is 2.58. The molecule has 2 aromatic carbocycles. The van der Waals surface area contributed by atoms with Crippen molar-refractivity contribution in [2.75, 3.05) is 0 Å². The number of fused-ring (bicyclic) bond motifs is 1. The summed E-state index contributed by atoms with van der Waals surface area (Å²) in [5.41, 5.74) is 0.189. The van der Waals surface area contributed by atoms with Gasteiger partial charge in [-0.2, -0.15) is 4.98 Å². The van der Waals surface area contributed by atoms with E-state index in [-0.39, 0.29) is 40.4 Å². The molecule has 4 rings (SSSR count). The summed E-state index contributed by atoms with van der Waals surface area (Å²) in [7, 11) is 0. The number of nitro benzene ring substituents is 1. The Morgan fingerprint density at radius 1 is 1.22 bits per heavy atom. The second-order valence-electron chi connectivity index (χ2n) is 5.66. The van der Waals surface area contributed by atoms with Crippen LogP contribution in [-0.2, 0) is 6.54 Å². The molecule has 0 bridgehead atoms. The lowest BCUT2D eigenvalue weighted by atomic mass is 10.2. The molecule has 0 N–H and O–H groups in total. The van der Waals surface area contributed by atoms with Gasteiger partial charge in [0.1, 0.15) is 12.4 Å². The summed E-state index contributed by atoms with van der Waals surface area (Å²) < 4.78 is 19.6. The van der Waals surface area contributed by atoms with Crippen LogP contribution in [0.1, 0.15) is 5.89 Å². The molecular weight excluding hydrogens is 357 g/mol. The van der Waals surface area contributed by atoms with Crippen LogP contribution in [0.2, 0.25) is 0 Å². The van der Waals surface area contributed by atoms with E-state index in [0.29, 0.717) is 5.56 Å². The molecule has 0 unspecified atom stereocenters. The molecule has 2 aromatic heterocycles. The fourth-order valence-corrected chi connectivity index (χ4v) is 2.58. The van der Waals surface area contributed by atoms with E-state index in [1.165, 1.54) is 47.3 Å². The molecule has 4 aromatic rings. The Morgan fingerprint density at radius 2 is 2.07 bits per heavy atom. The molecule has 0 aliphatic heterocycles. The van der Waals surface area contributed by atoms with E-state index in [1.54, 1.807) is 6.07 Å². The molecule has 0 saturated heterocycles. The van der Waals surface area contributed by atoms with Gasteiger partial charge in [0.25, 0.3) is 11.2 Å². The number of non-ortho nitro benzene ring substituents is 1. The molecule has 0 radical (unpaired) electrons. The zero-order valence-corrected chi connectivity index (χ0v) is 13.6. The Labute approximate surface area is 149 Å². The highest BCUT2D eigenvalue weighted by atomic mass is 19.1. The second kappa shape index (κ2) is 6.41. The van der Waals surface area contributed by atoms with E-state index in [4.69, 9.17) is 4.52 Å². The van der Waals surface area contributed by atoms with Gasteiger partial charge >= 0.3 is 0 Å². The molecule has 0 aliphatic carbocycles. The van der Waals surface area contributed by atoms with Crippen LogP contribution in [0.5, 0.6) is 0 Å². The molecule has 134 valence electrons. The van der Waals surface area contributed by atoms with E-state index >= 15 is 0 Å². The molecule has 0 spiro atoms. The summed E-state index contributed by atoms with van der Waals surface area (Å²) in [5, 5.41) is 14.9. The van der Waals surface area contributed by atoms with E-state index < -0.39 is 10.7 Å². The van der Waals surface area contributed by atoms with Crippen molar-refractivity contribution in [2.24, 2.45) is 0 Å². The number of aromatic nitrogens is 4. The van der Waals surface area contributed by atoms with Crippen LogP contribution >= 0.6 is 0 Å². The van der Waals surface area contributed by atoms with Crippen molar-refractivity contribution in [1.29, 1.82) is 0 Å². The van der Waals surface area contributed by atoms with Gasteiger partial charge in [-0.15, -0.1) is 0 Å². The topological polar surface area (TPSA) is 117 Å². The minimum atomic E-state index is -0.520. The van der Waals surface area contributed by atoms with Crippen molar-refractivity contribution >= 4 is 16.6 Å². The highest BCUT2D eigenvalue weighted by Crippen LogP contribution is 2.21. The molecular formula is C17H10FN5O4. The average Bonchev–Trinajstić information content (AvgIpc) is 3.13. The van der Waals surface area contributed by atoms with E-state index in [9.17, 15) is 19.3 Å². The van der Waals surface area contributed by atoms with E-state index in [1.807, 2.05) is 0 Å². The fraction of sp³-hybridized carbons (Fsp3) is 0.0588. The summed E-state index contributed by atoms with van der Waals surface area (Å²) >= 11 is 0. The Kier molecular flexibility index (Phi) is 3.92. The first-order chi connectivity index (χ1) is 13.0. The van der Waals surface area contributed by atoms with Gasteiger partial charge in [-0.3, -0.25) is 19.5 Å². The molecule has 10 heteroatoms. The summed E-state index contributed by atoms with van der Waals surface area (Å²) in [6.07, 6.45) is 1.27. The minimum absolute atomic E-state index is 0.0406. The first kappa shape index (κ1) is 16.5. The lowest BCUT2D eigenvalue weighted by Gasteiger charge is -2.03. The number of rotatable bonds is 4. The number of benzene rings is 2. The SMILES string of the molecule is O=c1c2ccc(F)cc2ncn1Cc1nc(-c2cccc([N+](=O)[O-])c2)no1. The molecule has 0 saturated carbocycles. The molecule has 0 fully saturated rings. The molecule has 9 nitrogen and oxygen atoms in total. The van der Waals surface area contributed by atoms with E-state index in [2.05, 4.69) is 15.1 Å². The summed E-state index contributed by atoms with van der Waals surface area (Å²) in [4.78, 5) is 31.0. The van der Waals surface area contributed by atoms with Crippen molar-refractivity contribution in [2.45, 2.75) is 6.54 Å². The molecule has 27 heavy (non-hydrogen) atoms. The van der Waals surface area contributed by atoms with Gasteiger partial charge in [-0.05, 0) is 12.1 Å². The standard InChI is InChI=1S/C17H10FN5O4/c18-11-4-5-13-14(7-11)19-9-22(17(13)24)8-15-20-16(21-27-15)10-2-1-3-12(6-10)23(25)26/h1-7,9H,8H2. The third-order valence-electron chi connectivity index (χ3n) is 3.88. The summed E-state index contributed by atoms with van der Waals surface area (Å²) in [5.74, 6) is -0.190. The van der Waals surface area contributed by atoms with Gasteiger partial charge in [0, 0.05) is 23.8 Å². The van der Waals surface area contributed by atoms with Gasteiger partial charge in [0.15, 0.2) is 0 Å². The van der Waals surface area contributed by atoms with Gasteiger partial charge in [-0.1, -0.05) is 17.3 Å². The Hall–Kier alpha value is -3.95. The Balaban J connectivity index is 1.65. The minimum Gasteiger partial charge on any atom is -0.337 e. The van der Waals surface area contributed by atoms with Crippen molar-refractivity contribution in [3.8, 4) is 11.4 Å². The van der Waals surface area contributed by atoms with Gasteiger partial charge in [-0.25, -0.2) is 9.37 Å². The number of hydrogen-bond acceptors (Lipinski definition) is 7. The van der Waals surface area contributed by atoms with Crippen LogP contribution in [0.4, 0.5) is 10.1 Å². The van der Waals surface area contributed by atoms with Gasteiger partial charge in [0.05, 0.1) is 22.2 Å². The monoisotopic (exact) mass is 367 g/mol. The Bertz CT molecular complexity index is 1230. The quantitative estimate of drug-likeness (QED) is 0.402. The highest BCUT2D eigenvalue weighted by molar-refractivity contribution is 5.77. The second-order valence-corrected chi connectivity index (χ2v) is 5.66. The molecule has 0 aliphatic rings. The molecule has 0 atom stereocenters. The lowest BCUT2D eigenvalue weighted by Crippen LogP contribution is -2.21. The van der Waals surface area contributed by atoms with Crippen LogP contribution in [0.15, 0.2) is 58.1 Å². The van der Waals surface area contributed by atoms with E-state index in [0.717, 1.165) is 0 Å². The van der Waals surface area contributed by atoms with Crippen LogP contribution in [-0.4, -0.2) is 24.6 Å². The van der Waals surface area contributed by atoms with Gasteiger partial charge in [0.2, 0.25) is 11.7 Å². The van der Waals surface area contributed by atoms with Crippen LogP contribution in [0.3, 0.4) is 0 Å². The first-order valence-electron chi connectivity index (χ1n) is 7.73. The maximum atomic E-state index is 13.2. The van der Waals surface area contributed by atoms with Crippen LogP contribution in [0, 0.1) is 15.9 Å². The largest absolute Gasteiger partial charge is 0.337 e. The third kappa shape index (κ3) is 3.15. The number of nitrogens with zero attached hydrogens (tertiary/aromatic N) is 5. The predicted octanol–water partition coefficient (Wildman–Crippen LogP) is 2.54.